The van der Waals surface area contributed by atoms with Gasteiger partial charge in [0.05, 0.1) is 50.9 Å². The molecule has 2 aromatic heterocycles. The van der Waals surface area contributed by atoms with E-state index in [1.54, 1.807) is 0 Å². The lowest BCUT2D eigenvalue weighted by Gasteiger charge is -2.29. The number of furan rings is 1. The maximum atomic E-state index is 12.8. The van der Waals surface area contributed by atoms with Crippen molar-refractivity contribution in [1.29, 1.82) is 0 Å². The number of carbonyl (C=O) groups excluding carboxylic acids is 1. The molecular formula is C22H30N4O5. The van der Waals surface area contributed by atoms with Gasteiger partial charge >= 0.3 is 0 Å². The summed E-state index contributed by atoms with van der Waals surface area (Å²) in [5.74, 6) is 0.980. The molecule has 2 aromatic rings. The molecule has 0 bridgehead atoms. The van der Waals surface area contributed by atoms with Crippen LogP contribution in [0.2, 0.25) is 0 Å². The number of likely N-dealkylation sites (N-methyl/N-ethyl adjacent to an activating group) is 1. The third kappa shape index (κ3) is 4.27. The predicted octanol–water partition coefficient (Wildman–Crippen LogP) is 1.03. The molecule has 2 aliphatic heterocycles. The zero-order chi connectivity index (χ0) is 21.4. The minimum absolute atomic E-state index is 0.119. The number of fused-ring (bicyclic) bond motifs is 3. The highest BCUT2D eigenvalue weighted by Crippen LogP contribution is 2.38. The van der Waals surface area contributed by atoms with Gasteiger partial charge in [-0.2, -0.15) is 5.10 Å². The molecule has 2 atom stereocenters. The van der Waals surface area contributed by atoms with Crippen molar-refractivity contribution < 1.29 is 23.4 Å². The number of morpholine rings is 1. The number of rotatable bonds is 5. The second-order valence-electron chi connectivity index (χ2n) is 8.61. The van der Waals surface area contributed by atoms with Crippen molar-refractivity contribution in [1.82, 2.24) is 20.0 Å². The predicted molar refractivity (Wildman–Crippen MR) is 112 cm³/mol. The van der Waals surface area contributed by atoms with Crippen molar-refractivity contribution in [2.24, 2.45) is 0 Å². The van der Waals surface area contributed by atoms with Gasteiger partial charge in [-0.05, 0) is 26.0 Å². The fourth-order valence-electron chi connectivity index (χ4n) is 4.60. The first-order valence-electron chi connectivity index (χ1n) is 11.0. The highest BCUT2D eigenvalue weighted by Gasteiger charge is 2.30. The number of hydrogen-bond acceptors (Lipinski definition) is 7. The lowest BCUT2D eigenvalue weighted by atomic mass is 9.93. The Balaban J connectivity index is 1.31. The summed E-state index contributed by atoms with van der Waals surface area (Å²) >= 11 is 0. The number of nitrogens with one attached hydrogen (secondary N) is 1. The van der Waals surface area contributed by atoms with E-state index >= 15 is 0 Å². The first-order chi connectivity index (χ1) is 15.1. The van der Waals surface area contributed by atoms with Crippen LogP contribution >= 0.6 is 0 Å². The summed E-state index contributed by atoms with van der Waals surface area (Å²) in [7, 11) is 2.12. The third-order valence-electron chi connectivity index (χ3n) is 6.23. The Labute approximate surface area is 181 Å². The van der Waals surface area contributed by atoms with Crippen LogP contribution in [-0.2, 0) is 33.6 Å². The van der Waals surface area contributed by atoms with Gasteiger partial charge in [-0.25, -0.2) is 0 Å². The molecule has 0 aromatic carbocycles. The van der Waals surface area contributed by atoms with Crippen LogP contribution in [0.4, 0.5) is 0 Å². The summed E-state index contributed by atoms with van der Waals surface area (Å²) in [5.41, 5.74) is 3.92. The molecule has 1 amide bonds. The van der Waals surface area contributed by atoms with E-state index in [2.05, 4.69) is 23.5 Å². The molecule has 0 spiro atoms. The first kappa shape index (κ1) is 20.7. The third-order valence-corrected chi connectivity index (χ3v) is 6.23. The van der Waals surface area contributed by atoms with E-state index in [9.17, 15) is 4.79 Å². The van der Waals surface area contributed by atoms with Gasteiger partial charge in [-0.1, -0.05) is 0 Å². The molecule has 0 radical (unpaired) electrons. The van der Waals surface area contributed by atoms with Crippen LogP contribution < -0.4 is 5.32 Å². The standard InChI is InChI=1S/C22H30N4O5/c1-14-19-18(31-21(14)22(27)23-9-16-13-28-7-8-30-16)4-3-15-10-26(24-20(15)19)12-17-11-25(2)5-6-29-17/h10,16-17H,3-9,11-13H2,1-2H3,(H,23,27)/t16-,17-/m1/s1. The Kier molecular flexibility index (Phi) is 5.83. The summed E-state index contributed by atoms with van der Waals surface area (Å²) in [6.07, 6.45) is 3.76. The Bertz CT molecular complexity index is 946. The average Bonchev–Trinajstić information content (AvgIpc) is 3.33. The molecule has 9 heteroatoms. The van der Waals surface area contributed by atoms with E-state index in [1.807, 2.05) is 11.6 Å². The maximum Gasteiger partial charge on any atom is 0.287 e. The van der Waals surface area contributed by atoms with Gasteiger partial charge in [0.15, 0.2) is 5.76 Å². The van der Waals surface area contributed by atoms with Crippen molar-refractivity contribution >= 4 is 5.91 Å². The second-order valence-corrected chi connectivity index (χ2v) is 8.61. The van der Waals surface area contributed by atoms with Gasteiger partial charge in [-0.3, -0.25) is 9.48 Å². The SMILES string of the molecule is Cc1c(C(=O)NC[C@@H]2COCCO2)oc2c1-c1nn(C[C@H]3CN(C)CCO3)cc1CC2. The molecule has 0 saturated carbocycles. The quantitative estimate of drug-likeness (QED) is 0.758. The van der Waals surface area contributed by atoms with Gasteiger partial charge in [-0.15, -0.1) is 0 Å². The molecule has 31 heavy (non-hydrogen) atoms. The molecule has 168 valence electrons. The lowest BCUT2D eigenvalue weighted by Crippen LogP contribution is -2.42. The zero-order valence-corrected chi connectivity index (χ0v) is 18.2. The van der Waals surface area contributed by atoms with Gasteiger partial charge in [0.25, 0.3) is 5.91 Å². The highest BCUT2D eigenvalue weighted by atomic mass is 16.6. The number of aromatic nitrogens is 2. The van der Waals surface area contributed by atoms with Crippen LogP contribution in [0.5, 0.6) is 0 Å². The highest BCUT2D eigenvalue weighted by molar-refractivity contribution is 5.95. The normalized spacial score (nSPS) is 23.9. The maximum absolute atomic E-state index is 12.8. The largest absolute Gasteiger partial charge is 0.455 e. The Morgan fingerprint density at radius 1 is 1.23 bits per heavy atom. The Morgan fingerprint density at radius 2 is 2.10 bits per heavy atom. The van der Waals surface area contributed by atoms with Crippen molar-refractivity contribution in [3.05, 3.63) is 28.8 Å². The van der Waals surface area contributed by atoms with Crippen LogP contribution in [0.15, 0.2) is 10.6 Å². The number of carbonyl (C=O) groups is 1. The monoisotopic (exact) mass is 430 g/mol. The number of nitrogens with zero attached hydrogens (tertiary/aromatic N) is 3. The number of ether oxygens (including phenoxy) is 3. The number of hydrogen-bond donors (Lipinski definition) is 1. The van der Waals surface area contributed by atoms with Gasteiger partial charge in [0.1, 0.15) is 5.76 Å². The van der Waals surface area contributed by atoms with Crippen molar-refractivity contribution in [2.45, 2.75) is 38.5 Å². The van der Waals surface area contributed by atoms with Crippen LogP contribution in [0.25, 0.3) is 11.3 Å². The first-order valence-corrected chi connectivity index (χ1v) is 11.0. The van der Waals surface area contributed by atoms with Gasteiger partial charge in [0.2, 0.25) is 0 Å². The summed E-state index contributed by atoms with van der Waals surface area (Å²) in [4.78, 5) is 15.1. The smallest absolute Gasteiger partial charge is 0.287 e. The van der Waals surface area contributed by atoms with Crippen molar-refractivity contribution in [3.8, 4) is 11.3 Å². The molecule has 4 heterocycles. The molecule has 1 aliphatic carbocycles. The minimum atomic E-state index is -0.222. The van der Waals surface area contributed by atoms with E-state index in [0.29, 0.717) is 32.1 Å². The van der Waals surface area contributed by atoms with Crippen LogP contribution in [-0.4, -0.2) is 85.9 Å². The lowest BCUT2D eigenvalue weighted by molar-refractivity contribution is -0.0856. The number of aryl methyl sites for hydroxylation is 2. The van der Waals surface area contributed by atoms with Crippen molar-refractivity contribution in [2.75, 3.05) is 53.1 Å². The average molecular weight is 431 g/mol. The van der Waals surface area contributed by atoms with E-state index in [1.165, 1.54) is 5.56 Å². The molecular weight excluding hydrogens is 400 g/mol. The molecule has 2 saturated heterocycles. The number of amides is 1. The Hall–Kier alpha value is -2.20. The Morgan fingerprint density at radius 3 is 2.90 bits per heavy atom. The van der Waals surface area contributed by atoms with Gasteiger partial charge in [0, 0.05) is 43.4 Å². The molecule has 5 rings (SSSR count). The molecule has 0 unspecified atom stereocenters. The molecule has 2 fully saturated rings. The van der Waals surface area contributed by atoms with E-state index < -0.39 is 0 Å². The second kappa shape index (κ2) is 8.74. The summed E-state index contributed by atoms with van der Waals surface area (Å²) in [5, 5.41) is 7.78. The summed E-state index contributed by atoms with van der Waals surface area (Å²) in [6.45, 7) is 7.34. The van der Waals surface area contributed by atoms with Crippen LogP contribution in [0.3, 0.4) is 0 Å². The fraction of sp³-hybridized carbons (Fsp3) is 0.636. The van der Waals surface area contributed by atoms with Gasteiger partial charge < -0.3 is 28.8 Å². The summed E-state index contributed by atoms with van der Waals surface area (Å²) in [6, 6.07) is 0. The van der Waals surface area contributed by atoms with Crippen LogP contribution in [0, 0.1) is 6.92 Å². The van der Waals surface area contributed by atoms with E-state index in [0.717, 1.165) is 61.7 Å². The van der Waals surface area contributed by atoms with Crippen LogP contribution in [0.1, 0.15) is 27.4 Å². The molecule has 1 N–H and O–H groups in total. The minimum Gasteiger partial charge on any atom is -0.455 e. The van der Waals surface area contributed by atoms with E-state index in [4.69, 9.17) is 23.7 Å². The topological polar surface area (TPSA) is 91.0 Å². The molecule has 9 nitrogen and oxygen atoms in total. The van der Waals surface area contributed by atoms with Crippen molar-refractivity contribution in [3.63, 3.8) is 0 Å². The fourth-order valence-corrected chi connectivity index (χ4v) is 4.60. The summed E-state index contributed by atoms with van der Waals surface area (Å²) < 4.78 is 24.9. The van der Waals surface area contributed by atoms with E-state index in [-0.39, 0.29) is 18.1 Å². The zero-order valence-electron chi connectivity index (χ0n) is 18.2. The molecule has 3 aliphatic rings.